The highest BCUT2D eigenvalue weighted by atomic mass is 16.3. The average molecular weight is 227 g/mol. The molecule has 0 amide bonds. The number of rotatable bonds is 5. The zero-order valence-electron chi connectivity index (χ0n) is 11.3. The van der Waals surface area contributed by atoms with Crippen molar-refractivity contribution in [3.8, 4) is 0 Å². The molecule has 1 fully saturated rings. The molecule has 1 N–H and O–H groups in total. The van der Waals surface area contributed by atoms with Crippen molar-refractivity contribution in [1.82, 2.24) is 4.90 Å². The van der Waals surface area contributed by atoms with E-state index in [0.29, 0.717) is 12.0 Å². The van der Waals surface area contributed by atoms with Crippen LogP contribution in [0.15, 0.2) is 0 Å². The van der Waals surface area contributed by atoms with Crippen molar-refractivity contribution < 1.29 is 5.11 Å². The van der Waals surface area contributed by atoms with E-state index in [-0.39, 0.29) is 6.10 Å². The van der Waals surface area contributed by atoms with Gasteiger partial charge in [0.05, 0.1) is 6.10 Å². The number of aliphatic hydroxyl groups is 1. The van der Waals surface area contributed by atoms with Gasteiger partial charge >= 0.3 is 0 Å². The van der Waals surface area contributed by atoms with Crippen molar-refractivity contribution in [2.75, 3.05) is 13.6 Å². The quantitative estimate of drug-likeness (QED) is 0.730. The van der Waals surface area contributed by atoms with Crippen LogP contribution in [0.5, 0.6) is 0 Å². The van der Waals surface area contributed by atoms with Crippen molar-refractivity contribution in [2.45, 2.75) is 70.9 Å². The van der Waals surface area contributed by atoms with E-state index in [9.17, 15) is 5.11 Å². The molecular weight excluding hydrogens is 198 g/mol. The van der Waals surface area contributed by atoms with Gasteiger partial charge in [-0.25, -0.2) is 0 Å². The minimum absolute atomic E-state index is 0.154. The number of nitrogens with zero attached hydrogens (tertiary/aromatic N) is 1. The average Bonchev–Trinajstić information content (AvgIpc) is 2.56. The maximum absolute atomic E-state index is 10.0. The fourth-order valence-corrected chi connectivity index (χ4v) is 2.59. The number of hydrogen-bond acceptors (Lipinski definition) is 2. The highest BCUT2D eigenvalue weighted by Crippen LogP contribution is 2.21. The van der Waals surface area contributed by atoms with Crippen LogP contribution in [-0.4, -0.2) is 35.7 Å². The topological polar surface area (TPSA) is 23.5 Å². The summed E-state index contributed by atoms with van der Waals surface area (Å²) in [6, 6.07) is 0.709. The van der Waals surface area contributed by atoms with Crippen LogP contribution in [0, 0.1) is 5.92 Å². The van der Waals surface area contributed by atoms with Crippen LogP contribution in [0.4, 0.5) is 0 Å². The molecule has 0 radical (unpaired) electrons. The molecule has 0 aromatic heterocycles. The SMILES string of the molecule is CCC(C)C(O)CN(C)C1CCCCCC1. The van der Waals surface area contributed by atoms with Crippen LogP contribution in [-0.2, 0) is 0 Å². The fourth-order valence-electron chi connectivity index (χ4n) is 2.59. The molecule has 0 aliphatic heterocycles. The Labute approximate surface area is 101 Å². The van der Waals surface area contributed by atoms with E-state index >= 15 is 0 Å². The van der Waals surface area contributed by atoms with E-state index in [1.165, 1.54) is 38.5 Å². The van der Waals surface area contributed by atoms with Gasteiger partial charge in [0.2, 0.25) is 0 Å². The molecular formula is C14H29NO. The predicted molar refractivity (Wildman–Crippen MR) is 69.6 cm³/mol. The normalized spacial score (nSPS) is 23.1. The van der Waals surface area contributed by atoms with E-state index in [0.717, 1.165) is 13.0 Å². The third kappa shape index (κ3) is 4.42. The van der Waals surface area contributed by atoms with Crippen molar-refractivity contribution >= 4 is 0 Å². The maximum atomic E-state index is 10.0. The lowest BCUT2D eigenvalue weighted by molar-refractivity contribution is 0.0597. The van der Waals surface area contributed by atoms with E-state index < -0.39 is 0 Å². The highest BCUT2D eigenvalue weighted by molar-refractivity contribution is 4.75. The van der Waals surface area contributed by atoms with Crippen LogP contribution >= 0.6 is 0 Å². The van der Waals surface area contributed by atoms with Crippen LogP contribution in [0.25, 0.3) is 0 Å². The lowest BCUT2D eigenvalue weighted by atomic mass is 10.00. The Hall–Kier alpha value is -0.0800. The minimum Gasteiger partial charge on any atom is -0.392 e. The number of hydrogen-bond donors (Lipinski definition) is 1. The third-order valence-electron chi connectivity index (χ3n) is 4.22. The van der Waals surface area contributed by atoms with Crippen molar-refractivity contribution in [1.29, 1.82) is 0 Å². The Morgan fingerprint density at radius 3 is 2.25 bits per heavy atom. The Kier molecular flexibility index (Phi) is 6.37. The smallest absolute Gasteiger partial charge is 0.0692 e. The van der Waals surface area contributed by atoms with E-state index in [2.05, 4.69) is 25.8 Å². The number of likely N-dealkylation sites (N-methyl/N-ethyl adjacent to an activating group) is 1. The minimum atomic E-state index is -0.154. The van der Waals surface area contributed by atoms with Gasteiger partial charge in [0, 0.05) is 12.6 Å². The second kappa shape index (κ2) is 7.29. The summed E-state index contributed by atoms with van der Waals surface area (Å²) >= 11 is 0. The summed E-state index contributed by atoms with van der Waals surface area (Å²) in [5, 5.41) is 10.0. The maximum Gasteiger partial charge on any atom is 0.0692 e. The first-order valence-corrected chi connectivity index (χ1v) is 7.03. The molecule has 1 rings (SSSR count). The van der Waals surface area contributed by atoms with E-state index in [4.69, 9.17) is 0 Å². The first-order chi connectivity index (χ1) is 7.65. The molecule has 1 saturated carbocycles. The lowest BCUT2D eigenvalue weighted by Crippen LogP contribution is -2.39. The van der Waals surface area contributed by atoms with Crippen molar-refractivity contribution in [2.24, 2.45) is 5.92 Å². The van der Waals surface area contributed by atoms with Gasteiger partial charge in [0.1, 0.15) is 0 Å². The Bertz CT molecular complexity index is 176. The molecule has 2 heteroatoms. The molecule has 2 nitrogen and oxygen atoms in total. The second-order valence-corrected chi connectivity index (χ2v) is 5.54. The molecule has 1 aliphatic rings. The van der Waals surface area contributed by atoms with Gasteiger partial charge in [-0.1, -0.05) is 46.0 Å². The van der Waals surface area contributed by atoms with E-state index in [1.807, 2.05) is 0 Å². The first kappa shape index (κ1) is 14.0. The van der Waals surface area contributed by atoms with Gasteiger partial charge in [-0.15, -0.1) is 0 Å². The van der Waals surface area contributed by atoms with Gasteiger partial charge in [-0.05, 0) is 25.8 Å². The van der Waals surface area contributed by atoms with Crippen molar-refractivity contribution in [3.05, 3.63) is 0 Å². The van der Waals surface area contributed by atoms with E-state index in [1.54, 1.807) is 0 Å². The van der Waals surface area contributed by atoms with Gasteiger partial charge in [-0.3, -0.25) is 0 Å². The molecule has 0 aromatic carbocycles. The molecule has 0 aromatic rings. The third-order valence-corrected chi connectivity index (χ3v) is 4.22. The standard InChI is InChI=1S/C14H29NO/c1-4-12(2)14(16)11-15(3)13-9-7-5-6-8-10-13/h12-14,16H,4-11H2,1-3H3. The molecule has 0 spiro atoms. The molecule has 1 aliphatic carbocycles. The molecule has 0 bridgehead atoms. The van der Waals surface area contributed by atoms with Gasteiger partial charge < -0.3 is 10.0 Å². The summed E-state index contributed by atoms with van der Waals surface area (Å²) in [4.78, 5) is 2.39. The summed E-state index contributed by atoms with van der Waals surface area (Å²) in [5.41, 5.74) is 0. The summed E-state index contributed by atoms with van der Waals surface area (Å²) in [7, 11) is 2.18. The molecule has 96 valence electrons. The number of aliphatic hydroxyl groups excluding tert-OH is 1. The monoisotopic (exact) mass is 227 g/mol. The lowest BCUT2D eigenvalue weighted by Gasteiger charge is -2.30. The van der Waals surface area contributed by atoms with Crippen LogP contribution in [0.1, 0.15) is 58.8 Å². The summed E-state index contributed by atoms with van der Waals surface area (Å²) in [6.07, 6.45) is 9.10. The summed E-state index contributed by atoms with van der Waals surface area (Å²) in [6.45, 7) is 5.14. The zero-order chi connectivity index (χ0) is 12.0. The molecule has 2 atom stereocenters. The zero-order valence-corrected chi connectivity index (χ0v) is 11.3. The van der Waals surface area contributed by atoms with Gasteiger partial charge in [-0.2, -0.15) is 0 Å². The molecule has 2 unspecified atom stereocenters. The fraction of sp³-hybridized carbons (Fsp3) is 1.00. The molecule has 0 saturated heterocycles. The summed E-state index contributed by atoms with van der Waals surface area (Å²) in [5.74, 6) is 0.424. The Morgan fingerprint density at radius 1 is 1.19 bits per heavy atom. The van der Waals surface area contributed by atoms with Crippen molar-refractivity contribution in [3.63, 3.8) is 0 Å². The van der Waals surface area contributed by atoms with Crippen LogP contribution in [0.3, 0.4) is 0 Å². The predicted octanol–water partition coefficient (Wildman–Crippen LogP) is 3.05. The Morgan fingerprint density at radius 2 is 1.75 bits per heavy atom. The highest BCUT2D eigenvalue weighted by Gasteiger charge is 2.21. The Balaban J connectivity index is 2.34. The van der Waals surface area contributed by atoms with Gasteiger partial charge in [0.15, 0.2) is 0 Å². The van der Waals surface area contributed by atoms with Crippen LogP contribution < -0.4 is 0 Å². The second-order valence-electron chi connectivity index (χ2n) is 5.54. The largest absolute Gasteiger partial charge is 0.392 e. The van der Waals surface area contributed by atoms with Gasteiger partial charge in [0.25, 0.3) is 0 Å². The van der Waals surface area contributed by atoms with Crippen LogP contribution in [0.2, 0.25) is 0 Å². The molecule has 16 heavy (non-hydrogen) atoms. The molecule has 0 heterocycles. The first-order valence-electron chi connectivity index (χ1n) is 7.03. The summed E-state index contributed by atoms with van der Waals surface area (Å²) < 4.78 is 0.